The molecule has 1 fully saturated rings. The second kappa shape index (κ2) is 4.99. The highest BCUT2D eigenvalue weighted by atomic mass is 32.1. The minimum absolute atomic E-state index is 0.612. The van der Waals surface area contributed by atoms with Crippen molar-refractivity contribution in [2.75, 3.05) is 11.4 Å². The number of nitrogens with zero attached hydrogens (tertiary/aromatic N) is 3. The third-order valence-corrected chi connectivity index (χ3v) is 6.01. The van der Waals surface area contributed by atoms with Gasteiger partial charge in [0.05, 0.1) is 5.39 Å². The Morgan fingerprint density at radius 3 is 2.95 bits per heavy atom. The van der Waals surface area contributed by atoms with Gasteiger partial charge in [0.15, 0.2) is 0 Å². The Balaban J connectivity index is 1.88. The number of rotatable bonds is 1. The summed E-state index contributed by atoms with van der Waals surface area (Å²) in [6, 6.07) is 0.612. The smallest absolute Gasteiger partial charge is 0.141 e. The number of aryl methyl sites for hydroxylation is 2. The van der Waals surface area contributed by atoms with Gasteiger partial charge in [-0.25, -0.2) is 9.97 Å². The molecular formula is C16H21N3S. The number of anilines is 1. The highest BCUT2D eigenvalue weighted by molar-refractivity contribution is 7.19. The van der Waals surface area contributed by atoms with E-state index in [1.807, 2.05) is 11.3 Å². The standard InChI is InChI=1S/C16H21N3S/c1-11-6-4-5-9-19(11)15-14-12-7-2-3-8-13(12)20-16(14)18-10-17-15/h10-11H,2-9H2,1H3/t11-/m1/s1. The lowest BCUT2D eigenvalue weighted by Crippen LogP contribution is -2.38. The van der Waals surface area contributed by atoms with Gasteiger partial charge in [0.1, 0.15) is 17.0 Å². The zero-order valence-corrected chi connectivity index (χ0v) is 12.9. The van der Waals surface area contributed by atoms with Crippen molar-refractivity contribution in [3.63, 3.8) is 0 Å². The lowest BCUT2D eigenvalue weighted by molar-refractivity contribution is 0.482. The lowest BCUT2D eigenvalue weighted by Gasteiger charge is -2.35. The molecule has 0 N–H and O–H groups in total. The van der Waals surface area contributed by atoms with E-state index >= 15 is 0 Å². The number of aromatic nitrogens is 2. The van der Waals surface area contributed by atoms with Gasteiger partial charge < -0.3 is 4.90 Å². The van der Waals surface area contributed by atoms with Gasteiger partial charge in [0, 0.05) is 17.5 Å². The van der Waals surface area contributed by atoms with Gasteiger partial charge in [0.2, 0.25) is 0 Å². The molecular weight excluding hydrogens is 266 g/mol. The highest BCUT2D eigenvalue weighted by Gasteiger charge is 2.26. The molecule has 0 saturated carbocycles. The van der Waals surface area contributed by atoms with Crippen LogP contribution < -0.4 is 4.90 Å². The quantitative estimate of drug-likeness (QED) is 0.795. The van der Waals surface area contributed by atoms with Crippen LogP contribution in [0.5, 0.6) is 0 Å². The summed E-state index contributed by atoms with van der Waals surface area (Å²) < 4.78 is 0. The molecule has 4 rings (SSSR count). The first kappa shape index (κ1) is 12.6. The van der Waals surface area contributed by atoms with Crippen LogP contribution in [0, 0.1) is 0 Å². The largest absolute Gasteiger partial charge is 0.353 e. The fourth-order valence-corrected chi connectivity index (χ4v) is 4.93. The van der Waals surface area contributed by atoms with E-state index in [0.717, 1.165) is 6.54 Å². The van der Waals surface area contributed by atoms with E-state index in [2.05, 4.69) is 21.8 Å². The molecule has 3 nitrogen and oxygen atoms in total. The molecule has 20 heavy (non-hydrogen) atoms. The van der Waals surface area contributed by atoms with Gasteiger partial charge in [-0.2, -0.15) is 0 Å². The first-order chi connectivity index (χ1) is 9.84. The maximum absolute atomic E-state index is 4.68. The Morgan fingerprint density at radius 2 is 2.05 bits per heavy atom. The van der Waals surface area contributed by atoms with E-state index < -0.39 is 0 Å². The number of thiophene rings is 1. The summed E-state index contributed by atoms with van der Waals surface area (Å²) in [7, 11) is 0. The van der Waals surface area contributed by atoms with Gasteiger partial charge in [-0.3, -0.25) is 0 Å². The number of hydrogen-bond acceptors (Lipinski definition) is 4. The maximum Gasteiger partial charge on any atom is 0.141 e. The molecule has 0 bridgehead atoms. The zero-order chi connectivity index (χ0) is 13.5. The Hall–Kier alpha value is -1.16. The minimum atomic E-state index is 0.612. The number of piperidine rings is 1. The third kappa shape index (κ3) is 1.93. The van der Waals surface area contributed by atoms with Crippen molar-refractivity contribution >= 4 is 27.4 Å². The maximum atomic E-state index is 4.68. The van der Waals surface area contributed by atoms with Crippen LogP contribution in [0.25, 0.3) is 10.2 Å². The van der Waals surface area contributed by atoms with Crippen LogP contribution in [0.4, 0.5) is 5.82 Å². The second-order valence-electron chi connectivity index (χ2n) is 6.13. The summed E-state index contributed by atoms with van der Waals surface area (Å²) in [5.41, 5.74) is 1.56. The molecule has 2 aromatic rings. The molecule has 1 saturated heterocycles. The summed E-state index contributed by atoms with van der Waals surface area (Å²) in [4.78, 5) is 14.5. The van der Waals surface area contributed by atoms with Gasteiger partial charge in [-0.15, -0.1) is 11.3 Å². The molecule has 3 heterocycles. The van der Waals surface area contributed by atoms with E-state index in [0.29, 0.717) is 6.04 Å². The summed E-state index contributed by atoms with van der Waals surface area (Å²) in [6.45, 7) is 3.49. The molecule has 0 amide bonds. The van der Waals surface area contributed by atoms with Crippen LogP contribution in [0.3, 0.4) is 0 Å². The van der Waals surface area contributed by atoms with Crippen LogP contribution in [0.1, 0.15) is 49.5 Å². The molecule has 0 radical (unpaired) electrons. The van der Waals surface area contributed by atoms with E-state index in [1.165, 1.54) is 61.0 Å². The van der Waals surface area contributed by atoms with E-state index in [1.54, 1.807) is 16.8 Å². The first-order valence-corrected chi connectivity index (χ1v) is 8.68. The van der Waals surface area contributed by atoms with Crippen molar-refractivity contribution in [2.24, 2.45) is 0 Å². The average molecular weight is 287 g/mol. The van der Waals surface area contributed by atoms with E-state index in [9.17, 15) is 0 Å². The molecule has 0 unspecified atom stereocenters. The summed E-state index contributed by atoms with van der Waals surface area (Å²) in [6.07, 6.45) is 10.8. The molecule has 2 aliphatic rings. The fourth-order valence-electron chi connectivity index (χ4n) is 3.70. The third-order valence-electron chi connectivity index (χ3n) is 4.81. The highest BCUT2D eigenvalue weighted by Crippen LogP contribution is 2.40. The predicted molar refractivity (Wildman–Crippen MR) is 84.7 cm³/mol. The Morgan fingerprint density at radius 1 is 1.15 bits per heavy atom. The normalized spacial score (nSPS) is 23.1. The summed E-state index contributed by atoms with van der Waals surface area (Å²) in [5, 5.41) is 1.38. The van der Waals surface area contributed by atoms with Crippen molar-refractivity contribution in [2.45, 2.75) is 57.9 Å². The molecule has 4 heteroatoms. The van der Waals surface area contributed by atoms with Crippen LogP contribution >= 0.6 is 11.3 Å². The topological polar surface area (TPSA) is 29.0 Å². The molecule has 106 valence electrons. The van der Waals surface area contributed by atoms with Crippen LogP contribution in [0.15, 0.2) is 6.33 Å². The molecule has 1 atom stereocenters. The minimum Gasteiger partial charge on any atom is -0.353 e. The second-order valence-corrected chi connectivity index (χ2v) is 7.21. The molecule has 0 spiro atoms. The van der Waals surface area contributed by atoms with Crippen molar-refractivity contribution in [1.82, 2.24) is 9.97 Å². The van der Waals surface area contributed by atoms with Crippen molar-refractivity contribution < 1.29 is 0 Å². The van der Waals surface area contributed by atoms with Crippen LogP contribution in [0.2, 0.25) is 0 Å². The van der Waals surface area contributed by atoms with Crippen molar-refractivity contribution in [1.29, 1.82) is 0 Å². The number of hydrogen-bond donors (Lipinski definition) is 0. The number of fused-ring (bicyclic) bond motifs is 3. The van der Waals surface area contributed by atoms with Gasteiger partial charge in [-0.1, -0.05) is 0 Å². The zero-order valence-electron chi connectivity index (χ0n) is 12.1. The van der Waals surface area contributed by atoms with Crippen LogP contribution in [-0.4, -0.2) is 22.6 Å². The summed E-state index contributed by atoms with van der Waals surface area (Å²) in [5.74, 6) is 1.21. The molecule has 0 aromatic carbocycles. The van der Waals surface area contributed by atoms with Crippen LogP contribution in [-0.2, 0) is 12.8 Å². The van der Waals surface area contributed by atoms with E-state index in [4.69, 9.17) is 0 Å². The SMILES string of the molecule is C[C@@H]1CCCCN1c1ncnc2sc3c(c12)CCCC3. The predicted octanol–water partition coefficient (Wildman–Crippen LogP) is 3.95. The summed E-state index contributed by atoms with van der Waals surface area (Å²) >= 11 is 1.90. The first-order valence-electron chi connectivity index (χ1n) is 7.86. The average Bonchev–Trinajstić information content (AvgIpc) is 2.86. The van der Waals surface area contributed by atoms with E-state index in [-0.39, 0.29) is 0 Å². The Bertz CT molecular complexity index is 634. The van der Waals surface area contributed by atoms with Gasteiger partial charge in [-0.05, 0) is 57.4 Å². The molecule has 1 aliphatic carbocycles. The Kier molecular flexibility index (Phi) is 3.14. The van der Waals surface area contributed by atoms with Crippen molar-refractivity contribution in [3.8, 4) is 0 Å². The van der Waals surface area contributed by atoms with Gasteiger partial charge >= 0.3 is 0 Å². The monoisotopic (exact) mass is 287 g/mol. The Labute approximate surface area is 124 Å². The molecule has 2 aromatic heterocycles. The van der Waals surface area contributed by atoms with Gasteiger partial charge in [0.25, 0.3) is 0 Å². The fraction of sp³-hybridized carbons (Fsp3) is 0.625. The van der Waals surface area contributed by atoms with Crippen molar-refractivity contribution in [3.05, 3.63) is 16.8 Å². The lowest BCUT2D eigenvalue weighted by atomic mass is 9.96. The molecule has 1 aliphatic heterocycles.